The van der Waals surface area contributed by atoms with Crippen LogP contribution in [0.3, 0.4) is 0 Å². The zero-order valence-corrected chi connectivity index (χ0v) is 14.8. The molecule has 1 aromatic heterocycles. The van der Waals surface area contributed by atoms with E-state index >= 15 is 0 Å². The summed E-state index contributed by atoms with van der Waals surface area (Å²) in [5, 5.41) is 10.8. The number of hydrogen-bond donors (Lipinski definition) is 2. The highest BCUT2D eigenvalue weighted by Crippen LogP contribution is 2.29. The van der Waals surface area contributed by atoms with Crippen LogP contribution in [-0.4, -0.2) is 26.9 Å². The van der Waals surface area contributed by atoms with E-state index in [-0.39, 0.29) is 5.95 Å². The van der Waals surface area contributed by atoms with Gasteiger partial charge in [-0.1, -0.05) is 41.0 Å². The minimum absolute atomic E-state index is 0.202. The van der Waals surface area contributed by atoms with Crippen LogP contribution in [0, 0.1) is 6.92 Å². The summed E-state index contributed by atoms with van der Waals surface area (Å²) in [6, 6.07) is 14.1. The van der Waals surface area contributed by atoms with Crippen LogP contribution in [0.1, 0.15) is 23.6 Å². The second-order valence-corrected chi connectivity index (χ2v) is 5.77. The molecule has 0 bridgehead atoms. The van der Waals surface area contributed by atoms with E-state index in [1.54, 1.807) is 0 Å². The molecule has 1 heterocycles. The van der Waals surface area contributed by atoms with Gasteiger partial charge in [0.2, 0.25) is 0 Å². The zero-order chi connectivity index (χ0) is 18.4. The maximum atomic E-state index is 5.94. The molecule has 3 N–H and O–H groups in total. The summed E-state index contributed by atoms with van der Waals surface area (Å²) in [6.07, 6.45) is 0. The Morgan fingerprint density at radius 2 is 1.81 bits per heavy atom. The first-order valence-corrected chi connectivity index (χ1v) is 8.37. The Morgan fingerprint density at radius 3 is 2.50 bits per heavy atom. The van der Waals surface area contributed by atoms with Gasteiger partial charge in [0.15, 0.2) is 11.5 Å². The van der Waals surface area contributed by atoms with Crippen LogP contribution in [0.25, 0.3) is 0 Å². The Hall–Kier alpha value is -3.29. The highest BCUT2D eigenvalue weighted by molar-refractivity contribution is 5.43. The first-order chi connectivity index (χ1) is 12.7. The molecule has 26 heavy (non-hydrogen) atoms. The van der Waals surface area contributed by atoms with Crippen molar-refractivity contribution in [1.82, 2.24) is 20.3 Å². The largest absolute Gasteiger partial charge is 0.490 e. The fourth-order valence-electron chi connectivity index (χ4n) is 2.37. The summed E-state index contributed by atoms with van der Waals surface area (Å²) in [5.74, 6) is 1.61. The standard InChI is InChI=1S/C18H22N6O2/c1-3-25-17-10-15(11-20-24-18(19)21-22-23-24)8-9-16(17)26-12-14-6-4-13(2)5-7-14/h4-10,20H,3,11-12H2,1-2H3,(H2,19,21,23). The van der Waals surface area contributed by atoms with Gasteiger partial charge in [-0.15, -0.1) is 4.79 Å². The predicted molar refractivity (Wildman–Crippen MR) is 98.4 cm³/mol. The number of nitrogen functional groups attached to an aromatic ring is 1. The molecule has 0 aliphatic rings. The van der Waals surface area contributed by atoms with E-state index in [0.717, 1.165) is 11.1 Å². The van der Waals surface area contributed by atoms with E-state index in [9.17, 15) is 0 Å². The summed E-state index contributed by atoms with van der Waals surface area (Å²) in [5.41, 5.74) is 12.0. The molecule has 3 rings (SSSR count). The lowest BCUT2D eigenvalue weighted by atomic mass is 10.1. The Labute approximate surface area is 151 Å². The number of ether oxygens (including phenoxy) is 2. The summed E-state index contributed by atoms with van der Waals surface area (Å²) in [7, 11) is 0. The van der Waals surface area contributed by atoms with Crippen molar-refractivity contribution < 1.29 is 9.47 Å². The molecule has 0 spiro atoms. The van der Waals surface area contributed by atoms with Crippen LogP contribution >= 0.6 is 0 Å². The molecule has 0 aliphatic heterocycles. The number of aromatic nitrogens is 4. The van der Waals surface area contributed by atoms with Crippen LogP contribution in [-0.2, 0) is 13.2 Å². The van der Waals surface area contributed by atoms with Crippen molar-refractivity contribution in [3.63, 3.8) is 0 Å². The van der Waals surface area contributed by atoms with Crippen molar-refractivity contribution in [2.75, 3.05) is 17.8 Å². The van der Waals surface area contributed by atoms with Crippen LogP contribution in [0.2, 0.25) is 0 Å². The van der Waals surface area contributed by atoms with E-state index in [0.29, 0.717) is 31.3 Å². The van der Waals surface area contributed by atoms with E-state index in [2.05, 4.69) is 52.1 Å². The molecule has 8 nitrogen and oxygen atoms in total. The van der Waals surface area contributed by atoms with Gasteiger partial charge < -0.3 is 20.6 Å². The van der Waals surface area contributed by atoms with Gasteiger partial charge in [-0.25, -0.2) is 0 Å². The van der Waals surface area contributed by atoms with Gasteiger partial charge in [0.25, 0.3) is 5.95 Å². The third-order valence-electron chi connectivity index (χ3n) is 3.75. The normalized spacial score (nSPS) is 10.5. The van der Waals surface area contributed by atoms with Crippen molar-refractivity contribution in [2.45, 2.75) is 27.0 Å². The smallest absolute Gasteiger partial charge is 0.260 e. The topological polar surface area (TPSA) is 100 Å². The number of benzene rings is 2. The molecule has 136 valence electrons. The number of tetrazole rings is 1. The minimum Gasteiger partial charge on any atom is -0.490 e. The van der Waals surface area contributed by atoms with Crippen LogP contribution in [0.5, 0.6) is 11.5 Å². The SMILES string of the molecule is CCOc1cc(CNn2nnnc2N)ccc1OCc1ccc(C)cc1. The van der Waals surface area contributed by atoms with Gasteiger partial charge in [0.1, 0.15) is 6.61 Å². The highest BCUT2D eigenvalue weighted by Gasteiger charge is 2.08. The number of anilines is 1. The lowest BCUT2D eigenvalue weighted by molar-refractivity contribution is 0.269. The van der Waals surface area contributed by atoms with Crippen molar-refractivity contribution in [3.05, 3.63) is 59.2 Å². The van der Waals surface area contributed by atoms with Gasteiger partial charge in [-0.3, -0.25) is 0 Å². The number of rotatable bonds is 8. The van der Waals surface area contributed by atoms with Crippen molar-refractivity contribution in [2.24, 2.45) is 0 Å². The predicted octanol–water partition coefficient (Wildman–Crippen LogP) is 2.29. The van der Waals surface area contributed by atoms with Gasteiger partial charge in [-0.05, 0) is 47.5 Å². The molecular formula is C18H22N6O2. The second kappa shape index (κ2) is 8.19. The molecule has 0 unspecified atom stereocenters. The molecule has 3 aromatic rings. The number of nitrogens with two attached hydrogens (primary N) is 1. The number of aryl methyl sites for hydroxylation is 1. The van der Waals surface area contributed by atoms with Gasteiger partial charge in [0.05, 0.1) is 13.2 Å². The van der Waals surface area contributed by atoms with E-state index < -0.39 is 0 Å². The van der Waals surface area contributed by atoms with Gasteiger partial charge >= 0.3 is 0 Å². The summed E-state index contributed by atoms with van der Waals surface area (Å²) < 4.78 is 11.7. The molecule has 0 radical (unpaired) electrons. The second-order valence-electron chi connectivity index (χ2n) is 5.77. The third kappa shape index (κ3) is 4.41. The van der Waals surface area contributed by atoms with Gasteiger partial charge in [0, 0.05) is 0 Å². The van der Waals surface area contributed by atoms with Crippen LogP contribution < -0.4 is 20.6 Å². The molecule has 0 fully saturated rings. The Bertz CT molecular complexity index is 847. The monoisotopic (exact) mass is 354 g/mol. The molecule has 2 aromatic carbocycles. The number of nitrogens with one attached hydrogen (secondary N) is 1. The average Bonchev–Trinajstić information content (AvgIpc) is 3.06. The van der Waals surface area contributed by atoms with E-state index in [4.69, 9.17) is 15.2 Å². The fraction of sp³-hybridized carbons (Fsp3) is 0.278. The maximum absolute atomic E-state index is 5.94. The first-order valence-electron chi connectivity index (χ1n) is 8.37. The average molecular weight is 354 g/mol. The summed E-state index contributed by atoms with van der Waals surface area (Å²) in [6.45, 7) is 5.54. The number of hydrogen-bond acceptors (Lipinski definition) is 7. The van der Waals surface area contributed by atoms with Crippen molar-refractivity contribution in [3.8, 4) is 11.5 Å². The lowest BCUT2D eigenvalue weighted by Gasteiger charge is -2.14. The third-order valence-corrected chi connectivity index (χ3v) is 3.75. The Balaban J connectivity index is 1.67. The molecular weight excluding hydrogens is 332 g/mol. The first kappa shape index (κ1) is 17.5. The quantitative estimate of drug-likeness (QED) is 0.640. The molecule has 8 heteroatoms. The summed E-state index contributed by atoms with van der Waals surface area (Å²) in [4.78, 5) is 1.32. The molecule has 0 saturated carbocycles. The van der Waals surface area contributed by atoms with Crippen molar-refractivity contribution in [1.29, 1.82) is 0 Å². The highest BCUT2D eigenvalue weighted by atomic mass is 16.5. The van der Waals surface area contributed by atoms with Gasteiger partial charge in [-0.2, -0.15) is 0 Å². The molecule has 0 amide bonds. The molecule has 0 aliphatic carbocycles. The Morgan fingerprint density at radius 1 is 1.04 bits per heavy atom. The Kier molecular flexibility index (Phi) is 5.52. The van der Waals surface area contributed by atoms with E-state index in [1.165, 1.54) is 10.4 Å². The lowest BCUT2D eigenvalue weighted by Crippen LogP contribution is -2.18. The molecule has 0 atom stereocenters. The van der Waals surface area contributed by atoms with Crippen molar-refractivity contribution >= 4 is 5.95 Å². The van der Waals surface area contributed by atoms with Crippen LogP contribution in [0.15, 0.2) is 42.5 Å². The minimum atomic E-state index is 0.202. The fourth-order valence-corrected chi connectivity index (χ4v) is 2.37. The maximum Gasteiger partial charge on any atom is 0.260 e. The zero-order valence-electron chi connectivity index (χ0n) is 14.8. The van der Waals surface area contributed by atoms with E-state index in [1.807, 2.05) is 25.1 Å². The van der Waals surface area contributed by atoms with Crippen LogP contribution in [0.4, 0.5) is 5.95 Å². The number of nitrogens with zero attached hydrogens (tertiary/aromatic N) is 4. The summed E-state index contributed by atoms with van der Waals surface area (Å²) >= 11 is 0. The molecule has 0 saturated heterocycles.